The maximum absolute atomic E-state index is 13.1. The molecule has 1 heterocycles. The standard InChI is InChI=1S/C17H15NO5S/c1-11-7-9-12(10-8-11)24(21,22)18-14-6-4-3-5-13(14)16(19)15(18)17(20)23-2/h3-10,19H,1-2H3. The van der Waals surface area contributed by atoms with E-state index in [9.17, 15) is 18.3 Å². The van der Waals surface area contributed by atoms with Crippen molar-refractivity contribution in [3.63, 3.8) is 0 Å². The average molecular weight is 345 g/mol. The fourth-order valence-corrected chi connectivity index (χ4v) is 4.05. The number of para-hydroxylation sites is 1. The third-order valence-electron chi connectivity index (χ3n) is 3.74. The van der Waals surface area contributed by atoms with E-state index in [0.717, 1.165) is 16.6 Å². The normalized spacial score (nSPS) is 11.6. The lowest BCUT2D eigenvalue weighted by Gasteiger charge is -2.11. The molecule has 24 heavy (non-hydrogen) atoms. The highest BCUT2D eigenvalue weighted by molar-refractivity contribution is 7.90. The van der Waals surface area contributed by atoms with E-state index in [2.05, 4.69) is 4.74 Å². The molecule has 0 fully saturated rings. The van der Waals surface area contributed by atoms with Gasteiger partial charge in [0.15, 0.2) is 11.4 Å². The largest absolute Gasteiger partial charge is 0.505 e. The first-order valence-electron chi connectivity index (χ1n) is 7.11. The number of hydrogen-bond donors (Lipinski definition) is 1. The van der Waals surface area contributed by atoms with Gasteiger partial charge < -0.3 is 9.84 Å². The fraction of sp³-hybridized carbons (Fsp3) is 0.118. The lowest BCUT2D eigenvalue weighted by Crippen LogP contribution is -2.19. The Hall–Kier alpha value is -2.80. The number of aromatic nitrogens is 1. The van der Waals surface area contributed by atoms with E-state index in [0.29, 0.717) is 0 Å². The van der Waals surface area contributed by atoms with Crippen molar-refractivity contribution in [1.82, 2.24) is 3.97 Å². The van der Waals surface area contributed by atoms with Gasteiger partial charge in [0.25, 0.3) is 10.0 Å². The second kappa shape index (κ2) is 5.68. The van der Waals surface area contributed by atoms with Gasteiger partial charge in [0.1, 0.15) is 0 Å². The van der Waals surface area contributed by atoms with Crippen LogP contribution in [0.5, 0.6) is 5.75 Å². The highest BCUT2D eigenvalue weighted by Crippen LogP contribution is 2.35. The molecule has 0 bridgehead atoms. The summed E-state index contributed by atoms with van der Waals surface area (Å²) < 4.78 is 31.6. The van der Waals surface area contributed by atoms with Crippen LogP contribution in [0.15, 0.2) is 53.4 Å². The van der Waals surface area contributed by atoms with E-state index in [-0.39, 0.29) is 15.8 Å². The molecular weight excluding hydrogens is 330 g/mol. The molecule has 0 amide bonds. The van der Waals surface area contributed by atoms with Crippen LogP contribution in [0.2, 0.25) is 0 Å². The molecule has 0 aliphatic rings. The summed E-state index contributed by atoms with van der Waals surface area (Å²) in [5, 5.41) is 10.6. The number of fused-ring (bicyclic) bond motifs is 1. The van der Waals surface area contributed by atoms with Crippen LogP contribution in [0.1, 0.15) is 16.1 Å². The Morgan fingerprint density at radius 2 is 1.71 bits per heavy atom. The first-order valence-corrected chi connectivity index (χ1v) is 8.55. The van der Waals surface area contributed by atoms with Crippen LogP contribution in [0, 0.1) is 6.92 Å². The molecular formula is C17H15NO5S. The number of carbonyl (C=O) groups excluding carboxylic acids is 1. The lowest BCUT2D eigenvalue weighted by molar-refractivity contribution is 0.0590. The summed E-state index contributed by atoms with van der Waals surface area (Å²) in [6.45, 7) is 1.84. The molecule has 1 N–H and O–H groups in total. The Balaban J connectivity index is 2.40. The minimum absolute atomic E-state index is 0.0130. The van der Waals surface area contributed by atoms with Gasteiger partial charge in [-0.05, 0) is 31.2 Å². The molecule has 0 atom stereocenters. The van der Waals surface area contributed by atoms with Gasteiger partial charge in [-0.15, -0.1) is 0 Å². The van der Waals surface area contributed by atoms with Crippen molar-refractivity contribution in [2.24, 2.45) is 0 Å². The van der Waals surface area contributed by atoms with Crippen LogP contribution in [0.3, 0.4) is 0 Å². The Kier molecular flexibility index (Phi) is 3.81. The zero-order valence-electron chi connectivity index (χ0n) is 13.1. The van der Waals surface area contributed by atoms with Gasteiger partial charge in [-0.3, -0.25) is 0 Å². The maximum atomic E-state index is 13.1. The van der Waals surface area contributed by atoms with Crippen LogP contribution in [-0.4, -0.2) is 30.6 Å². The molecule has 0 radical (unpaired) electrons. The van der Waals surface area contributed by atoms with Crippen molar-refractivity contribution in [2.75, 3.05) is 7.11 Å². The summed E-state index contributed by atoms with van der Waals surface area (Å²) >= 11 is 0. The van der Waals surface area contributed by atoms with Crippen LogP contribution < -0.4 is 0 Å². The van der Waals surface area contributed by atoms with E-state index >= 15 is 0 Å². The van der Waals surface area contributed by atoms with Crippen molar-refractivity contribution in [2.45, 2.75) is 11.8 Å². The molecule has 3 aromatic rings. The van der Waals surface area contributed by atoms with Gasteiger partial charge in [0.2, 0.25) is 0 Å². The number of carbonyl (C=O) groups is 1. The number of rotatable bonds is 3. The second-order valence-electron chi connectivity index (χ2n) is 5.29. The van der Waals surface area contributed by atoms with Gasteiger partial charge in [-0.25, -0.2) is 17.2 Å². The molecule has 0 saturated heterocycles. The van der Waals surface area contributed by atoms with Crippen LogP contribution >= 0.6 is 0 Å². The summed E-state index contributed by atoms with van der Waals surface area (Å²) in [4.78, 5) is 12.1. The second-order valence-corrected chi connectivity index (χ2v) is 7.08. The smallest absolute Gasteiger partial charge is 0.359 e. The third-order valence-corrected chi connectivity index (χ3v) is 5.47. The number of esters is 1. The van der Waals surface area contributed by atoms with E-state index in [1.54, 1.807) is 24.3 Å². The summed E-state index contributed by atoms with van der Waals surface area (Å²) in [6.07, 6.45) is 0. The number of ether oxygens (including phenoxy) is 1. The highest BCUT2D eigenvalue weighted by Gasteiger charge is 2.31. The maximum Gasteiger partial charge on any atom is 0.359 e. The molecule has 6 nitrogen and oxygen atoms in total. The zero-order valence-corrected chi connectivity index (χ0v) is 13.9. The van der Waals surface area contributed by atoms with Crippen molar-refractivity contribution < 1.29 is 23.1 Å². The zero-order chi connectivity index (χ0) is 17.5. The Labute approximate surface area is 139 Å². The highest BCUT2D eigenvalue weighted by atomic mass is 32.2. The average Bonchev–Trinajstić information content (AvgIpc) is 2.88. The van der Waals surface area contributed by atoms with Crippen LogP contribution in [0.25, 0.3) is 10.9 Å². The molecule has 0 unspecified atom stereocenters. The van der Waals surface area contributed by atoms with Gasteiger partial charge in [0, 0.05) is 5.39 Å². The fourth-order valence-electron chi connectivity index (χ4n) is 2.54. The summed E-state index contributed by atoms with van der Waals surface area (Å²) in [7, 11) is -2.96. The summed E-state index contributed by atoms with van der Waals surface area (Å²) in [5.74, 6) is -1.35. The predicted molar refractivity (Wildman–Crippen MR) is 88.7 cm³/mol. The Bertz CT molecular complexity index is 1030. The molecule has 0 aliphatic heterocycles. The Morgan fingerprint density at radius 1 is 1.08 bits per heavy atom. The van der Waals surface area contributed by atoms with Crippen molar-refractivity contribution in [1.29, 1.82) is 0 Å². The predicted octanol–water partition coefficient (Wildman–Crippen LogP) is 2.68. The van der Waals surface area contributed by atoms with Crippen molar-refractivity contribution >= 4 is 26.9 Å². The number of aryl methyl sites for hydroxylation is 1. The summed E-state index contributed by atoms with van der Waals surface area (Å²) in [5.41, 5.74) is 0.692. The molecule has 0 saturated carbocycles. The van der Waals surface area contributed by atoms with Gasteiger partial charge in [-0.1, -0.05) is 29.8 Å². The monoisotopic (exact) mass is 345 g/mol. The van der Waals surface area contributed by atoms with Crippen molar-refractivity contribution in [3.8, 4) is 5.75 Å². The quantitative estimate of drug-likeness (QED) is 0.738. The number of benzene rings is 2. The topological polar surface area (TPSA) is 85.6 Å². The summed E-state index contributed by atoms with van der Waals surface area (Å²) in [6, 6.07) is 12.6. The number of nitrogens with zero attached hydrogens (tertiary/aromatic N) is 1. The van der Waals surface area contributed by atoms with Gasteiger partial charge in [-0.2, -0.15) is 0 Å². The first-order chi connectivity index (χ1) is 11.4. The number of aromatic hydroxyl groups is 1. The van der Waals surface area contributed by atoms with E-state index in [1.165, 1.54) is 24.3 Å². The van der Waals surface area contributed by atoms with Gasteiger partial charge >= 0.3 is 5.97 Å². The molecule has 0 aliphatic carbocycles. The van der Waals surface area contributed by atoms with Crippen LogP contribution in [-0.2, 0) is 14.8 Å². The van der Waals surface area contributed by atoms with E-state index in [1.807, 2.05) is 6.92 Å². The van der Waals surface area contributed by atoms with E-state index < -0.39 is 27.4 Å². The SMILES string of the molecule is COC(=O)c1c(O)c2ccccc2n1S(=O)(=O)c1ccc(C)cc1. The molecule has 3 rings (SSSR count). The number of methoxy groups -OCH3 is 1. The molecule has 2 aromatic carbocycles. The molecule has 124 valence electrons. The molecule has 7 heteroatoms. The Morgan fingerprint density at radius 3 is 2.33 bits per heavy atom. The van der Waals surface area contributed by atoms with Crippen molar-refractivity contribution in [3.05, 3.63) is 59.8 Å². The minimum atomic E-state index is -4.09. The third kappa shape index (κ3) is 2.33. The molecule has 0 spiro atoms. The number of hydrogen-bond acceptors (Lipinski definition) is 5. The minimum Gasteiger partial charge on any atom is -0.505 e. The molecule has 1 aromatic heterocycles. The van der Waals surface area contributed by atoms with Gasteiger partial charge in [0.05, 0.1) is 17.5 Å². The first kappa shape index (κ1) is 16.1. The lowest BCUT2D eigenvalue weighted by atomic mass is 10.2. The van der Waals surface area contributed by atoms with E-state index in [4.69, 9.17) is 0 Å². The van der Waals surface area contributed by atoms with Crippen LogP contribution in [0.4, 0.5) is 0 Å².